The number of carboxylic acids is 1. The van der Waals surface area contributed by atoms with Crippen molar-refractivity contribution in [2.24, 2.45) is 23.7 Å². The van der Waals surface area contributed by atoms with Crippen LogP contribution in [0.3, 0.4) is 0 Å². The van der Waals surface area contributed by atoms with Crippen molar-refractivity contribution in [2.75, 3.05) is 72.6 Å². The number of nitrogens with one attached hydrogen (secondary N) is 1. The first-order chi connectivity index (χ1) is 46.2. The van der Waals surface area contributed by atoms with Crippen molar-refractivity contribution < 1.29 is 57.9 Å². The molecule has 100 heavy (non-hydrogen) atoms. The van der Waals surface area contributed by atoms with Gasteiger partial charge < -0.3 is 34.5 Å². The number of nitrogens with zero attached hydrogens (tertiary/aromatic N) is 5. The smallest absolute Gasteiger partial charge is 0.417 e. The van der Waals surface area contributed by atoms with Gasteiger partial charge in [0.25, 0.3) is 5.91 Å². The summed E-state index contributed by atoms with van der Waals surface area (Å²) in [5.74, 6) is -0.174. The highest BCUT2D eigenvalue weighted by molar-refractivity contribution is 6.76. The van der Waals surface area contributed by atoms with E-state index in [2.05, 4.69) is 120 Å². The molecule has 3 N–H and O–H groups in total. The summed E-state index contributed by atoms with van der Waals surface area (Å²) in [5.41, 5.74) is 7.37. The summed E-state index contributed by atoms with van der Waals surface area (Å²) < 4.78 is 20.2. The third-order valence-electron chi connectivity index (χ3n) is 16.5. The van der Waals surface area contributed by atoms with Gasteiger partial charge in [0.15, 0.2) is 0 Å². The maximum Gasteiger partial charge on any atom is 0.417 e. The van der Waals surface area contributed by atoms with E-state index in [1.165, 1.54) is 50.4 Å². The van der Waals surface area contributed by atoms with Gasteiger partial charge in [-0.2, -0.15) is 0 Å². The Bertz CT molecular complexity index is 3330. The Kier molecular flexibility index (Phi) is 40.9. The number of alkyl carbamates (subject to hydrolysis) is 1. The fourth-order valence-corrected chi connectivity index (χ4v) is 13.6. The van der Waals surface area contributed by atoms with Gasteiger partial charge in [-0.3, -0.25) is 24.3 Å². The quantitative estimate of drug-likeness (QED) is 0.0281. The second-order valence-corrected chi connectivity index (χ2v) is 31.5. The Morgan fingerprint density at radius 3 is 1.35 bits per heavy atom. The lowest BCUT2D eigenvalue weighted by atomic mass is 9.95. The minimum absolute atomic E-state index is 0. The van der Waals surface area contributed by atoms with E-state index in [-0.39, 0.29) is 90.8 Å². The van der Waals surface area contributed by atoms with E-state index in [0.29, 0.717) is 44.4 Å². The minimum atomic E-state index is -1.07. The molecule has 0 radical (unpaired) electrons. The van der Waals surface area contributed by atoms with E-state index in [9.17, 15) is 33.9 Å². The Labute approximate surface area is 599 Å². The first kappa shape index (κ1) is 87.5. The molecule has 5 heterocycles. The molecule has 0 aliphatic carbocycles. The van der Waals surface area contributed by atoms with E-state index in [0.717, 1.165) is 69.6 Å². The largest absolute Gasteiger partial charge is 0.478 e. The minimum Gasteiger partial charge on any atom is -0.478 e. The van der Waals surface area contributed by atoms with Crippen LogP contribution in [-0.2, 0) is 72.2 Å². The number of cyclic esters (lactones) is 3. The number of imide groups is 2. The zero-order chi connectivity index (χ0) is 69.2. The van der Waals surface area contributed by atoms with E-state index in [1.807, 2.05) is 115 Å². The highest BCUT2D eigenvalue weighted by atomic mass is 28.3. The predicted octanol–water partition coefficient (Wildman–Crippen LogP) is 14.7. The lowest BCUT2D eigenvalue weighted by Gasteiger charge is -2.28. The average Bonchev–Trinajstić information content (AvgIpc) is 1.65. The Morgan fingerprint density at radius 2 is 0.960 bits per heavy atom. The van der Waals surface area contributed by atoms with Crippen molar-refractivity contribution in [3.63, 3.8) is 0 Å². The van der Waals surface area contributed by atoms with Gasteiger partial charge in [0, 0.05) is 65.6 Å². The summed E-state index contributed by atoms with van der Waals surface area (Å²) >= 11 is 0. The lowest BCUT2D eigenvalue weighted by Crippen LogP contribution is -2.45. The number of hydrogen-bond acceptors (Lipinski definition) is 14. The van der Waals surface area contributed by atoms with Crippen molar-refractivity contribution in [3.8, 4) is 0 Å². The molecule has 5 amide bonds. The molecule has 0 bridgehead atoms. The molecule has 19 heteroatoms. The van der Waals surface area contributed by atoms with Crippen LogP contribution in [0.1, 0.15) is 90.8 Å². The summed E-state index contributed by atoms with van der Waals surface area (Å²) in [4.78, 5) is 78.8. The number of benzene rings is 6. The van der Waals surface area contributed by atoms with Crippen LogP contribution in [0.25, 0.3) is 0 Å². The molecule has 6 aromatic rings. The first-order valence-corrected chi connectivity index (χ1v) is 36.9. The van der Waals surface area contributed by atoms with Gasteiger partial charge in [0.1, 0.15) is 19.8 Å². The van der Waals surface area contributed by atoms with Crippen LogP contribution in [0.2, 0.25) is 19.6 Å². The second kappa shape index (κ2) is 46.7. The molecule has 0 saturated carbocycles. The number of aliphatic carboxylic acids is 1. The molecule has 0 aromatic heterocycles. The van der Waals surface area contributed by atoms with Crippen LogP contribution in [0, 0.1) is 23.7 Å². The van der Waals surface area contributed by atoms with Crippen LogP contribution in [0.4, 0.5) is 14.4 Å². The molecule has 6 aromatic carbocycles. The standard InChI is InChI=1S/C23H26N2O3.C14H15NO3.C13H23NOSi.C13H19NO.C10H11NO2.C4H6O2.4CH4/c1-17-13-24(14-19-10-6-3-7-11-19)15-21(17)22(26)25-20(16-28-23(25)27)12-18-8-4-2-5-9-18;1-2-6-13(16)15-12(10-18-14(15)17)9-11-7-4-3-5-8-11;1-15-11-14(12-16(2,3)4)10-13-8-6-5-7-9-13;1-11-7-14(9-13(11)10-15)8-12-5-3-2-4-6-12;12-10-11-9(7-13-10)6-8-4-2-1-3-5-8;1-2-3-4(5)6;;;;/h2-11,17,20-21H,12-16H2,1H3;2-8,12H,9-10H2,1H3;5-9H,10-12H2,1-4H3;2-6,11,13,15H,7-10H2,1H3;1-5,9H,6-7H2,(H,11,12);2-3H,1H3,(H,5,6);4*1H4/b;6-2+;;;;3-2+;;;;. The van der Waals surface area contributed by atoms with Crippen molar-refractivity contribution in [1.29, 1.82) is 0 Å². The molecular weight excluding hydrogens is 1280 g/mol. The van der Waals surface area contributed by atoms with Gasteiger partial charge in [-0.1, -0.05) is 257 Å². The number of amides is 5. The van der Waals surface area contributed by atoms with Gasteiger partial charge in [0.2, 0.25) is 5.91 Å². The molecule has 5 fully saturated rings. The molecule has 5 aliphatic heterocycles. The third-order valence-corrected chi connectivity index (χ3v) is 17.9. The van der Waals surface area contributed by atoms with Crippen molar-refractivity contribution in [3.05, 3.63) is 240 Å². The Morgan fingerprint density at radius 1 is 0.550 bits per heavy atom. The number of methoxy groups -OCH3 is 1. The monoisotopic (exact) mass is 1390 g/mol. The molecule has 7 unspecified atom stereocenters. The molecule has 18 nitrogen and oxygen atoms in total. The third kappa shape index (κ3) is 30.9. The Hall–Kier alpha value is -8.56. The van der Waals surface area contributed by atoms with Crippen LogP contribution >= 0.6 is 0 Å². The van der Waals surface area contributed by atoms with E-state index >= 15 is 0 Å². The zero-order valence-electron chi connectivity index (χ0n) is 57.2. The highest BCUT2D eigenvalue weighted by Crippen LogP contribution is 2.30. The van der Waals surface area contributed by atoms with Crippen LogP contribution in [0.15, 0.2) is 206 Å². The van der Waals surface area contributed by atoms with Gasteiger partial charge >= 0.3 is 24.2 Å². The number of allylic oxidation sites excluding steroid dienone is 2. The predicted molar refractivity (Wildman–Crippen MR) is 405 cm³/mol. The van der Waals surface area contributed by atoms with Crippen LogP contribution < -0.4 is 5.32 Å². The maximum atomic E-state index is 13.3. The Balaban J connectivity index is 0.000000423. The van der Waals surface area contributed by atoms with Gasteiger partial charge in [-0.25, -0.2) is 29.0 Å². The van der Waals surface area contributed by atoms with Crippen molar-refractivity contribution in [1.82, 2.24) is 29.8 Å². The number of carboxylic acid groups (broad SMARTS) is 1. The zero-order valence-corrected chi connectivity index (χ0v) is 58.2. The summed E-state index contributed by atoms with van der Waals surface area (Å²) in [5, 5.41) is 19.8. The normalized spacial score (nSPS) is 19.8. The molecular formula is C81H116N6O12Si. The topological polar surface area (TPSA) is 208 Å². The molecule has 11 rings (SSSR count). The number of aliphatic hydroxyl groups is 1. The number of aliphatic hydroxyl groups excluding tert-OH is 1. The number of likely N-dealkylation sites (tertiary alicyclic amines) is 2. The summed E-state index contributed by atoms with van der Waals surface area (Å²) in [7, 11) is 0.701. The maximum absolute atomic E-state index is 13.3. The fourth-order valence-electron chi connectivity index (χ4n) is 12.1. The highest BCUT2D eigenvalue weighted by Gasteiger charge is 2.45. The summed E-state index contributed by atoms with van der Waals surface area (Å²) in [6.45, 7) is 23.5. The second-order valence-electron chi connectivity index (χ2n) is 26.0. The number of carbonyl (C=O) groups is 6. The lowest BCUT2D eigenvalue weighted by molar-refractivity contribution is -0.134. The van der Waals surface area contributed by atoms with Gasteiger partial charge in [0.05, 0.1) is 38.8 Å². The SMILES string of the molecule is C.C.C.C.C/C=C/C(=O)N1C(=O)OCC1Cc1ccccc1.C/C=C/C(=O)O.CC1CN(Cc2ccccc2)CC1C(=O)N1C(=O)OCC1Cc1ccccc1.CC1CN(Cc2ccccc2)CC1CO.COCN(Cc1ccccc1)C[Si](C)(C)C.O=C1NC(Cc2ccccc2)CO1. The molecule has 546 valence electrons. The summed E-state index contributed by atoms with van der Waals surface area (Å²) in [6, 6.07) is 60.9. The van der Waals surface area contributed by atoms with E-state index in [4.69, 9.17) is 24.1 Å². The van der Waals surface area contributed by atoms with Crippen LogP contribution in [-0.4, -0.2) is 170 Å². The molecule has 5 aliphatic rings. The van der Waals surface area contributed by atoms with Gasteiger partial charge in [-0.15, -0.1) is 0 Å². The van der Waals surface area contributed by atoms with E-state index < -0.39 is 26.2 Å². The number of rotatable bonds is 20. The fraction of sp³-hybridized carbons (Fsp3) is 0.432. The molecule has 0 spiro atoms. The number of hydrogen-bond donors (Lipinski definition) is 3. The van der Waals surface area contributed by atoms with E-state index in [1.54, 1.807) is 27.0 Å². The average molecular weight is 1390 g/mol. The van der Waals surface area contributed by atoms with Crippen molar-refractivity contribution in [2.45, 2.75) is 134 Å². The van der Waals surface area contributed by atoms with Crippen LogP contribution in [0.5, 0.6) is 0 Å². The number of ether oxygens (including phenoxy) is 4. The first-order valence-electron chi connectivity index (χ1n) is 33.2. The molecule has 7 atom stereocenters. The van der Waals surface area contributed by atoms with Crippen molar-refractivity contribution >= 4 is 44.1 Å². The number of carbonyl (C=O) groups excluding carboxylic acids is 5. The summed E-state index contributed by atoms with van der Waals surface area (Å²) in [6.07, 6.45) is 7.46. The van der Waals surface area contributed by atoms with Gasteiger partial charge in [-0.05, 0) is 96.5 Å². The molecule has 5 saturated heterocycles.